The van der Waals surface area contributed by atoms with E-state index in [1.807, 2.05) is 0 Å². The molecule has 3 rings (SSSR count). The number of hydrogen-bond donors (Lipinski definition) is 1. The van der Waals surface area contributed by atoms with Crippen molar-refractivity contribution in [3.63, 3.8) is 0 Å². The SMILES string of the molecule is Cc1cc(F)c([C@@H]2CNC(=O)[C@H]2CC(=O)Cc2ccc(Cl)s2)c(F)c1. The van der Waals surface area contributed by atoms with Gasteiger partial charge in [-0.05, 0) is 36.8 Å². The molecule has 2 heterocycles. The Labute approximate surface area is 153 Å². The van der Waals surface area contributed by atoms with E-state index in [4.69, 9.17) is 11.6 Å². The molecule has 1 N–H and O–H groups in total. The minimum atomic E-state index is -0.769. The van der Waals surface area contributed by atoms with Crippen molar-refractivity contribution in [1.82, 2.24) is 5.32 Å². The molecule has 1 fully saturated rings. The third kappa shape index (κ3) is 3.90. The zero-order chi connectivity index (χ0) is 18.1. The molecule has 0 unspecified atom stereocenters. The van der Waals surface area contributed by atoms with Gasteiger partial charge in [-0.3, -0.25) is 9.59 Å². The van der Waals surface area contributed by atoms with Gasteiger partial charge < -0.3 is 5.32 Å². The predicted octanol–water partition coefficient (Wildman–Crippen LogP) is 4.02. The second-order valence-electron chi connectivity index (χ2n) is 6.23. The number of thiophene rings is 1. The molecule has 1 aromatic heterocycles. The lowest BCUT2D eigenvalue weighted by atomic mass is 9.84. The number of halogens is 3. The van der Waals surface area contributed by atoms with Crippen LogP contribution in [-0.2, 0) is 16.0 Å². The first-order valence-corrected chi connectivity index (χ1v) is 9.03. The monoisotopic (exact) mass is 383 g/mol. The largest absolute Gasteiger partial charge is 0.355 e. The number of nitrogens with one attached hydrogen (secondary N) is 1. The maximum Gasteiger partial charge on any atom is 0.224 e. The summed E-state index contributed by atoms with van der Waals surface area (Å²) in [7, 11) is 0. The Morgan fingerprint density at radius 1 is 1.32 bits per heavy atom. The quantitative estimate of drug-likeness (QED) is 0.847. The number of ketones is 1. The van der Waals surface area contributed by atoms with E-state index in [-0.39, 0.29) is 36.6 Å². The van der Waals surface area contributed by atoms with Crippen LogP contribution in [0, 0.1) is 24.5 Å². The van der Waals surface area contributed by atoms with Gasteiger partial charge in [-0.1, -0.05) is 11.6 Å². The third-order valence-electron chi connectivity index (χ3n) is 4.36. The van der Waals surface area contributed by atoms with Crippen molar-refractivity contribution in [1.29, 1.82) is 0 Å². The second kappa shape index (κ2) is 7.22. The van der Waals surface area contributed by atoms with Crippen LogP contribution in [0.5, 0.6) is 0 Å². The second-order valence-corrected chi connectivity index (χ2v) is 8.03. The van der Waals surface area contributed by atoms with Crippen LogP contribution in [0.25, 0.3) is 0 Å². The average molecular weight is 384 g/mol. The number of Topliss-reactive ketones (excluding diaryl/α,β-unsaturated/α-hetero) is 1. The Morgan fingerprint density at radius 2 is 2.00 bits per heavy atom. The lowest BCUT2D eigenvalue weighted by Crippen LogP contribution is -2.23. The molecule has 25 heavy (non-hydrogen) atoms. The molecule has 7 heteroatoms. The van der Waals surface area contributed by atoms with Gasteiger partial charge in [0.15, 0.2) is 0 Å². The van der Waals surface area contributed by atoms with Crippen molar-refractivity contribution in [2.75, 3.05) is 6.54 Å². The van der Waals surface area contributed by atoms with Crippen LogP contribution < -0.4 is 5.32 Å². The van der Waals surface area contributed by atoms with Gasteiger partial charge in [0.25, 0.3) is 0 Å². The van der Waals surface area contributed by atoms with Crippen LogP contribution in [0.15, 0.2) is 24.3 Å². The summed E-state index contributed by atoms with van der Waals surface area (Å²) in [6, 6.07) is 5.95. The molecule has 2 atom stereocenters. The van der Waals surface area contributed by atoms with Gasteiger partial charge in [0.2, 0.25) is 5.91 Å². The molecule has 0 radical (unpaired) electrons. The standard InChI is InChI=1S/C18H16ClF2NO2S/c1-9-4-14(20)17(15(21)5-9)13-8-22-18(24)12(13)7-10(23)6-11-2-3-16(19)25-11/h2-5,12-13H,6-8H2,1H3,(H,22,24)/t12-,13+/m0/s1. The highest BCUT2D eigenvalue weighted by atomic mass is 35.5. The predicted molar refractivity (Wildman–Crippen MR) is 93.0 cm³/mol. The highest BCUT2D eigenvalue weighted by molar-refractivity contribution is 7.16. The zero-order valence-corrected chi connectivity index (χ0v) is 15.0. The average Bonchev–Trinajstić information content (AvgIpc) is 3.06. The molecule has 1 amide bonds. The van der Waals surface area contributed by atoms with Crippen LogP contribution in [-0.4, -0.2) is 18.2 Å². The molecule has 1 aliphatic rings. The number of carbonyl (C=O) groups excluding carboxylic acids is 2. The van der Waals surface area contributed by atoms with Gasteiger partial charge in [-0.15, -0.1) is 11.3 Å². The van der Waals surface area contributed by atoms with Gasteiger partial charge in [-0.25, -0.2) is 8.78 Å². The van der Waals surface area contributed by atoms with Crippen molar-refractivity contribution in [2.45, 2.75) is 25.7 Å². The van der Waals surface area contributed by atoms with Gasteiger partial charge in [0.05, 0.1) is 10.3 Å². The molecule has 1 aromatic carbocycles. The Balaban J connectivity index is 1.79. The van der Waals surface area contributed by atoms with E-state index in [9.17, 15) is 18.4 Å². The van der Waals surface area contributed by atoms with Crippen molar-refractivity contribution in [3.05, 3.63) is 56.2 Å². The maximum absolute atomic E-state index is 14.3. The van der Waals surface area contributed by atoms with Crippen LogP contribution >= 0.6 is 22.9 Å². The topological polar surface area (TPSA) is 46.2 Å². The third-order valence-corrected chi connectivity index (χ3v) is 5.59. The van der Waals surface area contributed by atoms with Gasteiger partial charge in [0, 0.05) is 35.7 Å². The van der Waals surface area contributed by atoms with Crippen LogP contribution in [0.2, 0.25) is 4.34 Å². The first kappa shape index (κ1) is 18.0. The van der Waals surface area contributed by atoms with E-state index >= 15 is 0 Å². The lowest BCUT2D eigenvalue weighted by Gasteiger charge is -2.18. The Morgan fingerprint density at radius 3 is 2.60 bits per heavy atom. The van der Waals surface area contributed by atoms with Gasteiger partial charge >= 0.3 is 0 Å². The molecule has 3 nitrogen and oxygen atoms in total. The maximum atomic E-state index is 14.3. The molecule has 0 saturated carbocycles. The van der Waals surface area contributed by atoms with Gasteiger partial charge in [0.1, 0.15) is 17.4 Å². The first-order valence-electron chi connectivity index (χ1n) is 7.84. The fraction of sp³-hybridized carbons (Fsp3) is 0.333. The molecule has 0 aliphatic carbocycles. The molecule has 1 saturated heterocycles. The summed E-state index contributed by atoms with van der Waals surface area (Å²) < 4.78 is 29.1. The van der Waals surface area contributed by atoms with Crippen LogP contribution in [0.3, 0.4) is 0 Å². The highest BCUT2D eigenvalue weighted by Gasteiger charge is 2.39. The molecule has 0 spiro atoms. The summed E-state index contributed by atoms with van der Waals surface area (Å²) >= 11 is 7.15. The van der Waals surface area contributed by atoms with E-state index in [1.54, 1.807) is 19.1 Å². The normalized spacial score (nSPS) is 19.9. The van der Waals surface area contributed by atoms with E-state index in [2.05, 4.69) is 5.32 Å². The molecule has 1 aliphatic heterocycles. The Kier molecular flexibility index (Phi) is 5.20. The zero-order valence-electron chi connectivity index (χ0n) is 13.4. The molecule has 2 aromatic rings. The summed E-state index contributed by atoms with van der Waals surface area (Å²) in [4.78, 5) is 25.2. The van der Waals surface area contributed by atoms with Crippen molar-refractivity contribution < 1.29 is 18.4 Å². The summed E-state index contributed by atoms with van der Waals surface area (Å²) in [6.45, 7) is 1.72. The van der Waals surface area contributed by atoms with E-state index in [1.165, 1.54) is 23.5 Å². The van der Waals surface area contributed by atoms with E-state index < -0.39 is 23.5 Å². The summed E-state index contributed by atoms with van der Waals surface area (Å²) in [5.41, 5.74) is 0.346. The molecule has 132 valence electrons. The highest BCUT2D eigenvalue weighted by Crippen LogP contribution is 2.35. The van der Waals surface area contributed by atoms with Gasteiger partial charge in [-0.2, -0.15) is 0 Å². The van der Waals surface area contributed by atoms with Crippen molar-refractivity contribution in [3.8, 4) is 0 Å². The first-order chi connectivity index (χ1) is 11.8. The molecule has 0 bridgehead atoms. The number of benzene rings is 1. The number of amides is 1. The number of rotatable bonds is 5. The molecular weight excluding hydrogens is 368 g/mol. The fourth-order valence-electron chi connectivity index (χ4n) is 3.23. The number of hydrogen-bond acceptors (Lipinski definition) is 3. The van der Waals surface area contributed by atoms with Crippen LogP contribution in [0.4, 0.5) is 8.78 Å². The lowest BCUT2D eigenvalue weighted by molar-refractivity contribution is -0.127. The number of aryl methyl sites for hydroxylation is 1. The number of carbonyl (C=O) groups is 2. The minimum Gasteiger partial charge on any atom is -0.355 e. The summed E-state index contributed by atoms with van der Waals surface area (Å²) in [5.74, 6) is -3.32. The Hall–Kier alpha value is -1.79. The molecular formula is C18H16ClF2NO2S. The van der Waals surface area contributed by atoms with Crippen LogP contribution in [0.1, 0.15) is 28.3 Å². The Bertz CT molecular complexity index is 813. The minimum absolute atomic E-state index is 0.0568. The van der Waals surface area contributed by atoms with E-state index in [0.717, 1.165) is 4.88 Å². The van der Waals surface area contributed by atoms with Crippen molar-refractivity contribution in [2.24, 2.45) is 5.92 Å². The summed E-state index contributed by atoms with van der Waals surface area (Å²) in [6.07, 6.45) is 0.103. The smallest absolute Gasteiger partial charge is 0.224 e. The van der Waals surface area contributed by atoms with E-state index in [0.29, 0.717) is 9.90 Å². The summed E-state index contributed by atoms with van der Waals surface area (Å²) in [5, 5.41) is 2.62. The van der Waals surface area contributed by atoms with Crippen molar-refractivity contribution >= 4 is 34.6 Å². The fourth-order valence-corrected chi connectivity index (χ4v) is 4.34.